The number of aryl methyl sites for hydroxylation is 1. The second kappa shape index (κ2) is 7.92. The Balaban J connectivity index is 2.18. The Hall–Kier alpha value is -1.70. The average Bonchev–Trinajstić information content (AvgIpc) is 2.77. The van der Waals surface area contributed by atoms with Crippen LogP contribution in [0.15, 0.2) is 18.2 Å². The van der Waals surface area contributed by atoms with Crippen LogP contribution >= 0.6 is 35.2 Å². The van der Waals surface area contributed by atoms with Crippen molar-refractivity contribution in [1.82, 2.24) is 0 Å². The predicted octanol–water partition coefficient (Wildman–Crippen LogP) is 5.14. The highest BCUT2D eigenvalue weighted by Crippen LogP contribution is 2.33. The van der Waals surface area contributed by atoms with Crippen molar-refractivity contribution in [2.24, 2.45) is 0 Å². The zero-order chi connectivity index (χ0) is 17.9. The van der Waals surface area contributed by atoms with Crippen molar-refractivity contribution in [3.05, 3.63) is 45.0 Å². The molecule has 4 nitrogen and oxygen atoms in total. The van der Waals surface area contributed by atoms with Gasteiger partial charge in [0.1, 0.15) is 10.8 Å². The molecule has 0 unspecified atom stereocenters. The molecule has 0 atom stereocenters. The zero-order valence-corrected chi connectivity index (χ0v) is 15.7. The number of halogens is 2. The molecule has 8 heteroatoms. The van der Waals surface area contributed by atoms with Crippen molar-refractivity contribution in [2.45, 2.75) is 20.8 Å². The number of anilines is 2. The van der Waals surface area contributed by atoms with E-state index < -0.39 is 11.8 Å². The summed E-state index contributed by atoms with van der Waals surface area (Å²) in [5.74, 6) is -0.898. The summed E-state index contributed by atoms with van der Waals surface area (Å²) in [6.07, 6.45) is 0. The van der Waals surface area contributed by atoms with Gasteiger partial charge in [-0.1, -0.05) is 11.6 Å². The standard InChI is InChI=1S/C16H16ClFN2O2S2/c1-4-22-15(21)13-8(2)9(3)24-14(13)20-16(23)19-10-5-6-12(18)11(17)7-10/h5-7H,4H2,1-3H3,(H2,19,20,23). The van der Waals surface area contributed by atoms with Crippen molar-refractivity contribution in [3.63, 3.8) is 0 Å². The van der Waals surface area contributed by atoms with Crippen LogP contribution in [0.1, 0.15) is 27.7 Å². The lowest BCUT2D eigenvalue weighted by atomic mass is 10.1. The number of nitrogens with one attached hydrogen (secondary N) is 2. The zero-order valence-electron chi connectivity index (χ0n) is 13.3. The van der Waals surface area contributed by atoms with Crippen LogP contribution in [0, 0.1) is 19.7 Å². The fraction of sp³-hybridized carbons (Fsp3) is 0.250. The Kier molecular flexibility index (Phi) is 6.15. The molecule has 2 rings (SSSR count). The highest BCUT2D eigenvalue weighted by molar-refractivity contribution is 7.80. The van der Waals surface area contributed by atoms with Crippen LogP contribution in [0.25, 0.3) is 0 Å². The molecule has 1 heterocycles. The summed E-state index contributed by atoms with van der Waals surface area (Å²) in [7, 11) is 0. The molecule has 2 aromatic rings. The van der Waals surface area contributed by atoms with Crippen molar-refractivity contribution < 1.29 is 13.9 Å². The molecule has 0 aliphatic heterocycles. The summed E-state index contributed by atoms with van der Waals surface area (Å²) in [6.45, 7) is 5.83. The molecule has 0 bridgehead atoms. The molecular weight excluding hydrogens is 371 g/mol. The van der Waals surface area contributed by atoms with Crippen LogP contribution in [0.2, 0.25) is 5.02 Å². The van der Waals surface area contributed by atoms with Gasteiger partial charge in [0, 0.05) is 10.6 Å². The Morgan fingerprint density at radius 3 is 2.71 bits per heavy atom. The van der Waals surface area contributed by atoms with Crippen LogP contribution in [-0.2, 0) is 4.74 Å². The second-order valence-electron chi connectivity index (χ2n) is 4.92. The molecule has 0 saturated heterocycles. The van der Waals surface area contributed by atoms with Gasteiger partial charge in [0.05, 0.1) is 17.2 Å². The van der Waals surface area contributed by atoms with Gasteiger partial charge in [-0.25, -0.2) is 9.18 Å². The van der Waals surface area contributed by atoms with Gasteiger partial charge in [0.15, 0.2) is 5.11 Å². The molecule has 0 spiro atoms. The number of benzene rings is 1. The van der Waals surface area contributed by atoms with Crippen LogP contribution < -0.4 is 10.6 Å². The van der Waals surface area contributed by atoms with Crippen LogP contribution in [0.4, 0.5) is 15.1 Å². The predicted molar refractivity (Wildman–Crippen MR) is 101 cm³/mol. The number of ether oxygens (including phenoxy) is 1. The van der Waals surface area contributed by atoms with E-state index in [1.165, 1.54) is 29.5 Å². The summed E-state index contributed by atoms with van der Waals surface area (Å²) < 4.78 is 18.3. The third-order valence-electron chi connectivity index (χ3n) is 3.27. The first-order valence-electron chi connectivity index (χ1n) is 7.13. The van der Waals surface area contributed by atoms with E-state index in [0.717, 1.165) is 10.4 Å². The number of thiophene rings is 1. The minimum atomic E-state index is -0.504. The van der Waals surface area contributed by atoms with Crippen LogP contribution in [0.3, 0.4) is 0 Å². The van der Waals surface area contributed by atoms with Crippen molar-refractivity contribution in [3.8, 4) is 0 Å². The molecule has 1 aromatic heterocycles. The molecule has 128 valence electrons. The van der Waals surface area contributed by atoms with Crippen LogP contribution in [0.5, 0.6) is 0 Å². The first-order valence-corrected chi connectivity index (χ1v) is 8.74. The van der Waals surface area contributed by atoms with E-state index in [1.54, 1.807) is 6.92 Å². The van der Waals surface area contributed by atoms with Crippen molar-refractivity contribution in [1.29, 1.82) is 0 Å². The molecule has 1 aromatic carbocycles. The van der Waals surface area contributed by atoms with Gasteiger partial charge < -0.3 is 15.4 Å². The average molecular weight is 387 g/mol. The molecule has 0 aliphatic carbocycles. The smallest absolute Gasteiger partial charge is 0.341 e. The lowest BCUT2D eigenvalue weighted by Gasteiger charge is -2.11. The maximum atomic E-state index is 13.2. The molecule has 0 aliphatic rings. The fourth-order valence-electron chi connectivity index (χ4n) is 2.00. The fourth-order valence-corrected chi connectivity index (χ4v) is 3.52. The number of esters is 1. The van der Waals surface area contributed by atoms with Gasteiger partial charge in [-0.05, 0) is 56.8 Å². The highest BCUT2D eigenvalue weighted by atomic mass is 35.5. The third kappa shape index (κ3) is 4.23. The maximum Gasteiger partial charge on any atom is 0.341 e. The summed E-state index contributed by atoms with van der Waals surface area (Å²) in [6, 6.07) is 4.20. The van der Waals surface area contributed by atoms with E-state index >= 15 is 0 Å². The number of hydrogen-bond donors (Lipinski definition) is 2. The molecule has 0 amide bonds. The molecule has 0 fully saturated rings. The Morgan fingerprint density at radius 2 is 2.08 bits per heavy atom. The molecule has 24 heavy (non-hydrogen) atoms. The largest absolute Gasteiger partial charge is 0.462 e. The van der Waals surface area contributed by atoms with E-state index in [4.69, 9.17) is 28.6 Å². The van der Waals surface area contributed by atoms with E-state index in [-0.39, 0.29) is 10.1 Å². The summed E-state index contributed by atoms with van der Waals surface area (Å²) in [5.41, 5.74) is 1.87. The number of rotatable bonds is 4. The maximum absolute atomic E-state index is 13.2. The first-order chi connectivity index (χ1) is 11.3. The minimum absolute atomic E-state index is 0.00201. The highest BCUT2D eigenvalue weighted by Gasteiger charge is 2.21. The molecular formula is C16H16ClFN2O2S2. The summed E-state index contributed by atoms with van der Waals surface area (Å²) in [4.78, 5) is 13.1. The Labute approximate surface area is 154 Å². The monoisotopic (exact) mass is 386 g/mol. The van der Waals surface area contributed by atoms with Gasteiger partial charge in [0.2, 0.25) is 0 Å². The van der Waals surface area contributed by atoms with Gasteiger partial charge in [-0.2, -0.15) is 0 Å². The van der Waals surface area contributed by atoms with E-state index in [2.05, 4.69) is 10.6 Å². The van der Waals surface area contributed by atoms with Crippen molar-refractivity contribution >= 4 is 56.9 Å². The van der Waals surface area contributed by atoms with Gasteiger partial charge in [-0.15, -0.1) is 11.3 Å². The summed E-state index contributed by atoms with van der Waals surface area (Å²) >= 11 is 12.4. The lowest BCUT2D eigenvalue weighted by molar-refractivity contribution is 0.0527. The second-order valence-corrected chi connectivity index (χ2v) is 6.96. The third-order valence-corrected chi connectivity index (χ3v) is 4.89. The van der Waals surface area contributed by atoms with Gasteiger partial charge >= 0.3 is 5.97 Å². The quantitative estimate of drug-likeness (QED) is 0.562. The topological polar surface area (TPSA) is 50.4 Å². The number of hydrogen-bond acceptors (Lipinski definition) is 4. The van der Waals surface area contributed by atoms with Gasteiger partial charge in [0.25, 0.3) is 0 Å². The first kappa shape index (κ1) is 18.6. The summed E-state index contributed by atoms with van der Waals surface area (Å²) in [5, 5.41) is 6.78. The Bertz CT molecular complexity index is 793. The lowest BCUT2D eigenvalue weighted by Crippen LogP contribution is -2.20. The van der Waals surface area contributed by atoms with Gasteiger partial charge in [-0.3, -0.25) is 0 Å². The number of carbonyl (C=O) groups excluding carboxylic acids is 1. The number of carbonyl (C=O) groups is 1. The Morgan fingerprint density at radius 1 is 1.38 bits per heavy atom. The normalized spacial score (nSPS) is 10.4. The molecule has 0 radical (unpaired) electrons. The molecule has 2 N–H and O–H groups in total. The van der Waals surface area contributed by atoms with E-state index in [1.807, 2.05) is 13.8 Å². The van der Waals surface area contributed by atoms with E-state index in [9.17, 15) is 9.18 Å². The number of thiocarbonyl (C=S) groups is 1. The van der Waals surface area contributed by atoms with Crippen LogP contribution in [-0.4, -0.2) is 17.7 Å². The van der Waals surface area contributed by atoms with E-state index in [0.29, 0.717) is 22.9 Å². The van der Waals surface area contributed by atoms with Crippen molar-refractivity contribution in [2.75, 3.05) is 17.2 Å². The SMILES string of the molecule is CCOC(=O)c1c(NC(=S)Nc2ccc(F)c(Cl)c2)sc(C)c1C. The molecule has 0 saturated carbocycles. The minimum Gasteiger partial charge on any atom is -0.462 e.